The first kappa shape index (κ1) is 27.5. The largest absolute Gasteiger partial charge is 0.294 e. The van der Waals surface area contributed by atoms with Crippen molar-refractivity contribution in [3.05, 3.63) is 131 Å². The molecule has 2 nitrogen and oxygen atoms in total. The van der Waals surface area contributed by atoms with E-state index < -0.39 is 0 Å². The van der Waals surface area contributed by atoms with Gasteiger partial charge in [0.25, 0.3) is 0 Å². The van der Waals surface area contributed by atoms with Crippen molar-refractivity contribution in [2.24, 2.45) is 17.8 Å². The summed E-state index contributed by atoms with van der Waals surface area (Å²) < 4.78 is 0. The summed E-state index contributed by atoms with van der Waals surface area (Å²) in [7, 11) is 0. The number of carbonyl (C=O) groups is 2. The molecule has 0 spiro atoms. The minimum Gasteiger partial charge on any atom is -0.294 e. The lowest BCUT2D eigenvalue weighted by molar-refractivity contribution is 0.0849. The van der Waals surface area contributed by atoms with Gasteiger partial charge in [-0.3, -0.25) is 9.59 Å². The Bertz CT molecular complexity index is 1300. The molecule has 3 atom stereocenters. The molecule has 0 aromatic heterocycles. The predicted molar refractivity (Wildman–Crippen MR) is 158 cm³/mol. The molecule has 0 radical (unpaired) electrons. The molecule has 2 aromatic carbocycles. The Morgan fingerprint density at radius 3 is 2.24 bits per heavy atom. The minimum absolute atomic E-state index is 0.0695. The molecule has 196 valence electrons. The average Bonchev–Trinajstić information content (AvgIpc) is 2.93. The highest BCUT2D eigenvalue weighted by Gasteiger charge is 2.29. The highest BCUT2D eigenvalue weighted by molar-refractivity contribution is 6.17. The maximum atomic E-state index is 13.3. The summed E-state index contributed by atoms with van der Waals surface area (Å²) in [5.74, 6) is 1.66. The lowest BCUT2D eigenvalue weighted by atomic mass is 9.76. The highest BCUT2D eigenvalue weighted by atomic mass is 16.1. The zero-order valence-electron chi connectivity index (χ0n) is 23.2. The van der Waals surface area contributed by atoms with Crippen LogP contribution in [0.2, 0.25) is 0 Å². The van der Waals surface area contributed by atoms with Crippen LogP contribution >= 0.6 is 0 Å². The van der Waals surface area contributed by atoms with Crippen molar-refractivity contribution < 1.29 is 9.59 Å². The van der Waals surface area contributed by atoms with E-state index in [1.807, 2.05) is 37.3 Å². The van der Waals surface area contributed by atoms with Crippen LogP contribution in [0.5, 0.6) is 0 Å². The van der Waals surface area contributed by atoms with E-state index in [9.17, 15) is 9.59 Å². The molecule has 0 saturated heterocycles. The van der Waals surface area contributed by atoms with Crippen molar-refractivity contribution in [1.29, 1.82) is 0 Å². The summed E-state index contributed by atoms with van der Waals surface area (Å²) in [6.45, 7) is 8.66. The Labute approximate surface area is 228 Å². The molecule has 0 bridgehead atoms. The number of allylic oxidation sites excluding steroid dienone is 10. The van der Waals surface area contributed by atoms with E-state index in [1.165, 1.54) is 16.7 Å². The Hall–Kier alpha value is -3.52. The van der Waals surface area contributed by atoms with Gasteiger partial charge in [-0.25, -0.2) is 0 Å². The second-order valence-electron chi connectivity index (χ2n) is 10.8. The van der Waals surface area contributed by atoms with Crippen molar-refractivity contribution in [3.63, 3.8) is 0 Å². The van der Waals surface area contributed by atoms with Gasteiger partial charge < -0.3 is 0 Å². The monoisotopic (exact) mass is 504 g/mol. The number of ketones is 2. The van der Waals surface area contributed by atoms with E-state index >= 15 is 0 Å². The van der Waals surface area contributed by atoms with Gasteiger partial charge in [0.15, 0.2) is 11.6 Å². The third kappa shape index (κ3) is 6.30. The number of Topliss-reactive ketones (excluding diaryl/α,β-unsaturated/α-hetero) is 2. The first-order chi connectivity index (χ1) is 18.4. The third-order valence-corrected chi connectivity index (χ3v) is 8.49. The van der Waals surface area contributed by atoms with Crippen molar-refractivity contribution in [2.45, 2.75) is 59.3 Å². The molecule has 2 aromatic rings. The Kier molecular flexibility index (Phi) is 9.29. The van der Waals surface area contributed by atoms with Crippen LogP contribution in [0.15, 0.2) is 114 Å². The lowest BCUT2D eigenvalue weighted by Crippen LogP contribution is -2.24. The Morgan fingerprint density at radius 1 is 0.947 bits per heavy atom. The fourth-order valence-electron chi connectivity index (χ4n) is 5.39. The van der Waals surface area contributed by atoms with Gasteiger partial charge in [-0.15, -0.1) is 0 Å². The zero-order chi connectivity index (χ0) is 27.1. The molecule has 2 heteroatoms. The maximum absolute atomic E-state index is 13.3. The highest BCUT2D eigenvalue weighted by Crippen LogP contribution is 2.35. The summed E-state index contributed by atoms with van der Waals surface area (Å²) in [6.07, 6.45) is 18.6. The molecular formula is C36H40O2. The number of benzene rings is 2. The molecule has 4 rings (SSSR count). The van der Waals surface area contributed by atoms with Crippen molar-refractivity contribution in [1.82, 2.24) is 0 Å². The van der Waals surface area contributed by atoms with Crippen LogP contribution in [0.1, 0.15) is 85.6 Å². The van der Waals surface area contributed by atoms with E-state index in [4.69, 9.17) is 0 Å². The van der Waals surface area contributed by atoms with Crippen molar-refractivity contribution >= 4 is 11.6 Å². The van der Waals surface area contributed by atoms with Crippen LogP contribution in [-0.4, -0.2) is 11.6 Å². The van der Waals surface area contributed by atoms with Gasteiger partial charge in [-0.1, -0.05) is 117 Å². The standard InChI is InChI=1S/C36H40O2/c1-5-28(35(37)33-19-9-10-20-34(33)36(38)32-17-12-18-32)16-11-13-25(2)29-21-23-31(24-22-29)27(4)26(3)30-14-7-6-8-15-30/h5-11,13-16,19-23,26-27,31-32H,12,17-18,24H2,1-4H3/b16-11-,25-13+,28-5-. The van der Waals surface area contributed by atoms with Crippen LogP contribution < -0.4 is 0 Å². The fourth-order valence-corrected chi connectivity index (χ4v) is 5.39. The maximum Gasteiger partial charge on any atom is 0.193 e. The van der Waals surface area contributed by atoms with E-state index in [2.05, 4.69) is 75.4 Å². The van der Waals surface area contributed by atoms with Crippen molar-refractivity contribution in [2.75, 3.05) is 0 Å². The summed E-state index contributed by atoms with van der Waals surface area (Å²) >= 11 is 0. The normalized spacial score (nSPS) is 20.1. The summed E-state index contributed by atoms with van der Waals surface area (Å²) in [4.78, 5) is 26.3. The van der Waals surface area contributed by atoms with Gasteiger partial charge in [-0.05, 0) is 67.6 Å². The fraction of sp³-hybridized carbons (Fsp3) is 0.333. The second-order valence-corrected chi connectivity index (χ2v) is 10.8. The molecule has 0 aliphatic heterocycles. The summed E-state index contributed by atoms with van der Waals surface area (Å²) in [5.41, 5.74) is 5.46. The molecule has 0 heterocycles. The smallest absolute Gasteiger partial charge is 0.193 e. The van der Waals surface area contributed by atoms with Crippen molar-refractivity contribution in [3.8, 4) is 0 Å². The minimum atomic E-state index is -0.0979. The molecule has 1 fully saturated rings. The summed E-state index contributed by atoms with van der Waals surface area (Å²) in [5, 5.41) is 0. The zero-order valence-corrected chi connectivity index (χ0v) is 23.2. The topological polar surface area (TPSA) is 34.1 Å². The molecule has 0 amide bonds. The van der Waals surface area contributed by atoms with Gasteiger partial charge >= 0.3 is 0 Å². The SMILES string of the molecule is C/C=C(/C=C\C=C(/C)C1=CCC(C(C)C(C)c2ccccc2)C=C1)C(=O)c1ccccc1C(=O)C1CCC1. The first-order valence-corrected chi connectivity index (χ1v) is 14.0. The molecule has 2 aliphatic rings. The van der Waals surface area contributed by atoms with Crippen LogP contribution in [0, 0.1) is 17.8 Å². The molecule has 1 saturated carbocycles. The number of hydrogen-bond acceptors (Lipinski definition) is 2. The number of carbonyl (C=O) groups excluding carboxylic acids is 2. The molecule has 0 N–H and O–H groups in total. The molecule has 3 unspecified atom stereocenters. The quantitative estimate of drug-likeness (QED) is 0.184. The van der Waals surface area contributed by atoms with E-state index in [1.54, 1.807) is 12.1 Å². The van der Waals surface area contributed by atoms with Gasteiger partial charge in [0, 0.05) is 22.6 Å². The van der Waals surface area contributed by atoms with Gasteiger partial charge in [0.2, 0.25) is 0 Å². The Morgan fingerprint density at radius 2 is 1.63 bits per heavy atom. The van der Waals surface area contributed by atoms with E-state index in [0.29, 0.717) is 34.5 Å². The third-order valence-electron chi connectivity index (χ3n) is 8.49. The van der Waals surface area contributed by atoms with Crippen LogP contribution in [0.25, 0.3) is 0 Å². The van der Waals surface area contributed by atoms with Crippen LogP contribution in [-0.2, 0) is 0 Å². The second kappa shape index (κ2) is 12.8. The average molecular weight is 505 g/mol. The van der Waals surface area contributed by atoms with Gasteiger partial charge in [-0.2, -0.15) is 0 Å². The van der Waals surface area contributed by atoms with Crippen LogP contribution in [0.3, 0.4) is 0 Å². The Balaban J connectivity index is 1.40. The number of hydrogen-bond donors (Lipinski definition) is 0. The van der Waals surface area contributed by atoms with E-state index in [-0.39, 0.29) is 17.5 Å². The summed E-state index contributed by atoms with van der Waals surface area (Å²) in [6, 6.07) is 18.0. The lowest BCUT2D eigenvalue weighted by Gasteiger charge is -2.28. The first-order valence-electron chi connectivity index (χ1n) is 14.0. The van der Waals surface area contributed by atoms with E-state index in [0.717, 1.165) is 25.7 Å². The van der Waals surface area contributed by atoms with Gasteiger partial charge in [0.05, 0.1) is 0 Å². The number of rotatable bonds is 10. The molecule has 2 aliphatic carbocycles. The van der Waals surface area contributed by atoms with Crippen LogP contribution in [0.4, 0.5) is 0 Å². The van der Waals surface area contributed by atoms with Gasteiger partial charge in [0.1, 0.15) is 0 Å². The predicted octanol–water partition coefficient (Wildman–Crippen LogP) is 9.24. The molecule has 38 heavy (non-hydrogen) atoms. The molecular weight excluding hydrogens is 464 g/mol.